The van der Waals surface area contributed by atoms with E-state index in [0.29, 0.717) is 6.61 Å². The number of benzene rings is 1. The number of carbonyl (C=O) groups is 1. The molecule has 1 fully saturated rings. The number of cyclic esters (lactones) is 1. The molecule has 1 heterocycles. The Morgan fingerprint density at radius 2 is 2.31 bits per heavy atom. The number of ether oxygens (including phenoxy) is 2. The summed E-state index contributed by atoms with van der Waals surface area (Å²) in [6, 6.07) is 5.99. The van der Waals surface area contributed by atoms with Gasteiger partial charge in [-0.05, 0) is 24.1 Å². The second-order valence-electron chi connectivity index (χ2n) is 3.85. The van der Waals surface area contributed by atoms with Crippen LogP contribution in [-0.2, 0) is 4.74 Å². The van der Waals surface area contributed by atoms with E-state index in [1.54, 1.807) is 7.11 Å². The Kier molecular flexibility index (Phi) is 2.99. The van der Waals surface area contributed by atoms with Crippen molar-refractivity contribution in [1.29, 1.82) is 0 Å². The van der Waals surface area contributed by atoms with Gasteiger partial charge in [0.1, 0.15) is 5.75 Å². The van der Waals surface area contributed by atoms with Crippen LogP contribution in [0, 0.1) is 6.92 Å². The SMILES string of the molecule is COc1cc([C@@H]2CCOC(=O)N2)ccc1C. The van der Waals surface area contributed by atoms with Crippen LogP contribution in [0.1, 0.15) is 23.6 Å². The largest absolute Gasteiger partial charge is 0.496 e. The molecule has 1 aromatic carbocycles. The van der Waals surface area contributed by atoms with E-state index in [2.05, 4.69) is 5.32 Å². The number of carbonyl (C=O) groups excluding carboxylic acids is 1. The summed E-state index contributed by atoms with van der Waals surface area (Å²) in [4.78, 5) is 11.1. The van der Waals surface area contributed by atoms with Crippen molar-refractivity contribution in [2.75, 3.05) is 13.7 Å². The van der Waals surface area contributed by atoms with E-state index in [1.165, 1.54) is 0 Å². The minimum atomic E-state index is -0.351. The van der Waals surface area contributed by atoms with Gasteiger partial charge in [-0.2, -0.15) is 0 Å². The highest BCUT2D eigenvalue weighted by Crippen LogP contribution is 2.26. The first kappa shape index (κ1) is 10.8. The molecule has 0 bridgehead atoms. The number of amides is 1. The van der Waals surface area contributed by atoms with Crippen molar-refractivity contribution < 1.29 is 14.3 Å². The average molecular weight is 221 g/mol. The third-order valence-corrected chi connectivity index (χ3v) is 2.77. The van der Waals surface area contributed by atoms with Crippen LogP contribution in [0.2, 0.25) is 0 Å². The van der Waals surface area contributed by atoms with Crippen molar-refractivity contribution in [2.45, 2.75) is 19.4 Å². The Labute approximate surface area is 94.6 Å². The molecule has 2 rings (SSSR count). The number of hydrogen-bond acceptors (Lipinski definition) is 3. The van der Waals surface area contributed by atoms with Gasteiger partial charge in [0.15, 0.2) is 0 Å². The molecule has 4 heteroatoms. The molecule has 1 aromatic rings. The van der Waals surface area contributed by atoms with Gasteiger partial charge in [-0.15, -0.1) is 0 Å². The van der Waals surface area contributed by atoms with Crippen LogP contribution in [0.25, 0.3) is 0 Å². The van der Waals surface area contributed by atoms with Crippen LogP contribution < -0.4 is 10.1 Å². The van der Waals surface area contributed by atoms with Crippen molar-refractivity contribution in [3.63, 3.8) is 0 Å². The second kappa shape index (κ2) is 4.43. The third-order valence-electron chi connectivity index (χ3n) is 2.77. The monoisotopic (exact) mass is 221 g/mol. The maximum absolute atomic E-state index is 11.1. The highest BCUT2D eigenvalue weighted by atomic mass is 16.5. The first-order valence-electron chi connectivity index (χ1n) is 5.28. The number of rotatable bonds is 2. The van der Waals surface area contributed by atoms with Gasteiger partial charge in [0.25, 0.3) is 0 Å². The summed E-state index contributed by atoms with van der Waals surface area (Å²) < 4.78 is 10.1. The molecule has 0 radical (unpaired) electrons. The van der Waals surface area contributed by atoms with Crippen molar-refractivity contribution in [3.8, 4) is 5.75 Å². The highest BCUT2D eigenvalue weighted by molar-refractivity contribution is 5.68. The minimum Gasteiger partial charge on any atom is -0.496 e. The van der Waals surface area contributed by atoms with E-state index < -0.39 is 0 Å². The summed E-state index contributed by atoms with van der Waals surface area (Å²) in [6.45, 7) is 2.46. The summed E-state index contributed by atoms with van der Waals surface area (Å²) in [6.07, 6.45) is 0.439. The van der Waals surface area contributed by atoms with Crippen molar-refractivity contribution in [1.82, 2.24) is 5.32 Å². The van der Waals surface area contributed by atoms with Gasteiger partial charge in [0.05, 0.1) is 19.8 Å². The first-order valence-corrected chi connectivity index (χ1v) is 5.28. The van der Waals surface area contributed by atoms with Crippen molar-refractivity contribution in [3.05, 3.63) is 29.3 Å². The standard InChI is InChI=1S/C12H15NO3/c1-8-3-4-9(7-11(8)15-2)10-5-6-16-12(14)13-10/h3-4,7,10H,5-6H2,1-2H3,(H,13,14)/t10-/m0/s1. The van der Waals surface area contributed by atoms with Crippen LogP contribution in [0.15, 0.2) is 18.2 Å². The maximum Gasteiger partial charge on any atom is 0.407 e. The van der Waals surface area contributed by atoms with E-state index in [4.69, 9.17) is 9.47 Å². The number of alkyl carbamates (subject to hydrolysis) is 1. The molecular formula is C12H15NO3. The van der Waals surface area contributed by atoms with Gasteiger partial charge in [0.2, 0.25) is 0 Å². The molecule has 0 saturated carbocycles. The van der Waals surface area contributed by atoms with Gasteiger partial charge in [-0.25, -0.2) is 4.79 Å². The number of aryl methyl sites for hydroxylation is 1. The van der Waals surface area contributed by atoms with Crippen LogP contribution in [-0.4, -0.2) is 19.8 Å². The third kappa shape index (κ3) is 2.10. The van der Waals surface area contributed by atoms with Gasteiger partial charge in [-0.3, -0.25) is 0 Å². The Hall–Kier alpha value is -1.71. The Balaban J connectivity index is 2.22. The summed E-state index contributed by atoms with van der Waals surface area (Å²) in [5, 5.41) is 2.79. The maximum atomic E-state index is 11.1. The molecule has 1 aliphatic rings. The molecule has 4 nitrogen and oxygen atoms in total. The zero-order chi connectivity index (χ0) is 11.5. The second-order valence-corrected chi connectivity index (χ2v) is 3.85. The molecule has 0 aromatic heterocycles. The Morgan fingerprint density at radius 3 is 3.00 bits per heavy atom. The number of nitrogens with one attached hydrogen (secondary N) is 1. The minimum absolute atomic E-state index is 0.0238. The Morgan fingerprint density at radius 1 is 1.50 bits per heavy atom. The summed E-state index contributed by atoms with van der Waals surface area (Å²) in [5.41, 5.74) is 2.14. The quantitative estimate of drug-likeness (QED) is 0.832. The topological polar surface area (TPSA) is 47.6 Å². The van der Waals surface area contributed by atoms with E-state index >= 15 is 0 Å². The zero-order valence-corrected chi connectivity index (χ0v) is 9.45. The molecular weight excluding hydrogens is 206 g/mol. The first-order chi connectivity index (χ1) is 7.70. The van der Waals surface area contributed by atoms with Gasteiger partial charge in [0, 0.05) is 6.42 Å². The van der Waals surface area contributed by atoms with Gasteiger partial charge in [-0.1, -0.05) is 12.1 Å². The molecule has 1 atom stereocenters. The highest BCUT2D eigenvalue weighted by Gasteiger charge is 2.21. The lowest BCUT2D eigenvalue weighted by Crippen LogP contribution is -2.35. The Bertz CT molecular complexity index is 403. The van der Waals surface area contributed by atoms with Crippen molar-refractivity contribution in [2.24, 2.45) is 0 Å². The van der Waals surface area contributed by atoms with Gasteiger partial charge >= 0.3 is 6.09 Å². The normalized spacial score (nSPS) is 19.9. The average Bonchev–Trinajstić information content (AvgIpc) is 2.29. The molecule has 1 amide bonds. The molecule has 1 saturated heterocycles. The molecule has 1 aliphatic heterocycles. The number of hydrogen-bond donors (Lipinski definition) is 1. The predicted octanol–water partition coefficient (Wildman–Crippen LogP) is 2.17. The van der Waals surface area contributed by atoms with Crippen LogP contribution >= 0.6 is 0 Å². The lowest BCUT2D eigenvalue weighted by molar-refractivity contribution is 0.115. The van der Waals surface area contributed by atoms with Gasteiger partial charge < -0.3 is 14.8 Å². The molecule has 16 heavy (non-hydrogen) atoms. The lowest BCUT2D eigenvalue weighted by atomic mass is 10.0. The fourth-order valence-electron chi connectivity index (χ4n) is 1.83. The molecule has 86 valence electrons. The summed E-state index contributed by atoms with van der Waals surface area (Å²) >= 11 is 0. The zero-order valence-electron chi connectivity index (χ0n) is 9.45. The van der Waals surface area contributed by atoms with Crippen LogP contribution in [0.3, 0.4) is 0 Å². The summed E-state index contributed by atoms with van der Waals surface area (Å²) in [7, 11) is 1.65. The van der Waals surface area contributed by atoms with E-state index in [9.17, 15) is 4.79 Å². The van der Waals surface area contributed by atoms with E-state index in [0.717, 1.165) is 23.3 Å². The van der Waals surface area contributed by atoms with E-state index in [-0.39, 0.29) is 12.1 Å². The lowest BCUT2D eigenvalue weighted by Gasteiger charge is -2.24. The summed E-state index contributed by atoms with van der Waals surface area (Å²) in [5.74, 6) is 0.846. The molecule has 1 N–H and O–H groups in total. The van der Waals surface area contributed by atoms with Crippen LogP contribution in [0.4, 0.5) is 4.79 Å². The van der Waals surface area contributed by atoms with Crippen LogP contribution in [0.5, 0.6) is 5.75 Å². The van der Waals surface area contributed by atoms with E-state index in [1.807, 2.05) is 25.1 Å². The fourth-order valence-corrected chi connectivity index (χ4v) is 1.83. The molecule has 0 unspecified atom stereocenters. The fraction of sp³-hybridized carbons (Fsp3) is 0.417. The molecule has 0 spiro atoms. The smallest absolute Gasteiger partial charge is 0.407 e. The van der Waals surface area contributed by atoms with Crippen molar-refractivity contribution >= 4 is 6.09 Å². The number of methoxy groups -OCH3 is 1. The molecule has 0 aliphatic carbocycles. The predicted molar refractivity (Wildman–Crippen MR) is 59.6 cm³/mol.